The third-order valence-corrected chi connectivity index (χ3v) is 2.99. The number of rotatable bonds is 4. The van der Waals surface area contributed by atoms with Crippen LogP contribution in [0.3, 0.4) is 0 Å². The maximum Gasteiger partial charge on any atom is 0.164 e. The summed E-state index contributed by atoms with van der Waals surface area (Å²) in [7, 11) is 1.59. The van der Waals surface area contributed by atoms with Crippen molar-refractivity contribution in [3.8, 4) is 5.75 Å². The Morgan fingerprint density at radius 3 is 2.53 bits per heavy atom. The molecule has 0 saturated heterocycles. The first-order chi connectivity index (χ1) is 7.06. The molecule has 0 heterocycles. The topological polar surface area (TPSA) is 26.3 Å². The van der Waals surface area contributed by atoms with Crippen LogP contribution in [0, 0.1) is 0 Å². The second kappa shape index (κ2) is 5.21. The highest BCUT2D eigenvalue weighted by molar-refractivity contribution is 8.00. The molecule has 0 spiro atoms. The van der Waals surface area contributed by atoms with Crippen LogP contribution in [0.2, 0.25) is 0 Å². The first-order valence-electron chi connectivity index (χ1n) is 4.91. The Morgan fingerprint density at radius 2 is 2.07 bits per heavy atom. The number of ether oxygens (including phenoxy) is 1. The summed E-state index contributed by atoms with van der Waals surface area (Å²) < 4.78 is 5.19. The van der Waals surface area contributed by atoms with Gasteiger partial charge in [-0.3, -0.25) is 4.79 Å². The Balaban J connectivity index is 3.19. The number of Topliss-reactive ketones (excluding diaryl/α,β-unsaturated/α-hetero) is 1. The minimum absolute atomic E-state index is 0.0515. The van der Waals surface area contributed by atoms with Gasteiger partial charge < -0.3 is 4.74 Å². The van der Waals surface area contributed by atoms with Crippen LogP contribution < -0.4 is 4.74 Å². The second-order valence-electron chi connectivity index (χ2n) is 3.56. The number of hydrogen-bond donors (Lipinski definition) is 0. The molecular formula is C12H16O2S. The molecule has 0 aliphatic heterocycles. The molecule has 0 radical (unpaired) electrons. The zero-order valence-corrected chi connectivity index (χ0v) is 10.4. The second-order valence-corrected chi connectivity index (χ2v) is 5.17. The Kier molecular flexibility index (Phi) is 4.21. The summed E-state index contributed by atoms with van der Waals surface area (Å²) in [6.07, 6.45) is 0. The number of carbonyl (C=O) groups is 1. The van der Waals surface area contributed by atoms with Crippen LogP contribution >= 0.6 is 11.8 Å². The van der Waals surface area contributed by atoms with E-state index in [0.717, 1.165) is 4.90 Å². The number of thioether (sulfide) groups is 1. The van der Waals surface area contributed by atoms with Gasteiger partial charge in [0.15, 0.2) is 5.78 Å². The minimum Gasteiger partial charge on any atom is -0.496 e. The van der Waals surface area contributed by atoms with Gasteiger partial charge in [0.1, 0.15) is 5.75 Å². The number of carbonyl (C=O) groups excluding carboxylic acids is 1. The van der Waals surface area contributed by atoms with Crippen LogP contribution in [-0.4, -0.2) is 18.1 Å². The molecule has 0 N–H and O–H groups in total. The molecule has 0 bridgehead atoms. The van der Waals surface area contributed by atoms with Crippen molar-refractivity contribution in [1.82, 2.24) is 0 Å². The molecule has 15 heavy (non-hydrogen) atoms. The average Bonchev–Trinajstić information content (AvgIpc) is 2.15. The zero-order chi connectivity index (χ0) is 11.4. The van der Waals surface area contributed by atoms with Gasteiger partial charge in [-0.2, -0.15) is 0 Å². The van der Waals surface area contributed by atoms with Crippen LogP contribution in [-0.2, 0) is 0 Å². The van der Waals surface area contributed by atoms with E-state index in [1.165, 1.54) is 0 Å². The van der Waals surface area contributed by atoms with Gasteiger partial charge in [-0.05, 0) is 19.1 Å². The molecule has 0 aromatic heterocycles. The predicted octanol–water partition coefficient (Wildman–Crippen LogP) is 3.40. The normalized spacial score (nSPS) is 10.5. The van der Waals surface area contributed by atoms with Gasteiger partial charge in [-0.1, -0.05) is 19.9 Å². The van der Waals surface area contributed by atoms with Gasteiger partial charge >= 0.3 is 0 Å². The monoisotopic (exact) mass is 224 g/mol. The van der Waals surface area contributed by atoms with E-state index >= 15 is 0 Å². The Morgan fingerprint density at radius 1 is 1.40 bits per heavy atom. The van der Waals surface area contributed by atoms with Gasteiger partial charge in [-0.25, -0.2) is 0 Å². The molecule has 0 aliphatic carbocycles. The average molecular weight is 224 g/mol. The lowest BCUT2D eigenvalue weighted by Gasteiger charge is -2.12. The quantitative estimate of drug-likeness (QED) is 0.579. The van der Waals surface area contributed by atoms with Gasteiger partial charge in [0.25, 0.3) is 0 Å². The zero-order valence-electron chi connectivity index (χ0n) is 9.53. The molecule has 1 aromatic rings. The Labute approximate surface area is 95.0 Å². The molecule has 2 nitrogen and oxygen atoms in total. The van der Waals surface area contributed by atoms with Crippen molar-refractivity contribution in [2.75, 3.05) is 7.11 Å². The highest BCUT2D eigenvalue weighted by Crippen LogP contribution is 2.32. The number of hydrogen-bond acceptors (Lipinski definition) is 3. The van der Waals surface area contributed by atoms with E-state index in [-0.39, 0.29) is 5.78 Å². The molecule has 0 saturated carbocycles. The number of benzene rings is 1. The van der Waals surface area contributed by atoms with Crippen LogP contribution in [0.4, 0.5) is 0 Å². The fourth-order valence-corrected chi connectivity index (χ4v) is 2.41. The number of methoxy groups -OCH3 is 1. The largest absolute Gasteiger partial charge is 0.496 e. The SMILES string of the molecule is COc1cccc(SC(C)C)c1C(C)=O. The van der Waals surface area contributed by atoms with E-state index in [0.29, 0.717) is 16.6 Å². The highest BCUT2D eigenvalue weighted by Gasteiger charge is 2.14. The molecule has 1 rings (SSSR count). The van der Waals surface area contributed by atoms with E-state index in [4.69, 9.17) is 4.74 Å². The van der Waals surface area contributed by atoms with Crippen molar-refractivity contribution in [1.29, 1.82) is 0 Å². The molecule has 0 atom stereocenters. The van der Waals surface area contributed by atoms with Crippen LogP contribution in [0.15, 0.2) is 23.1 Å². The third-order valence-electron chi connectivity index (χ3n) is 1.92. The summed E-state index contributed by atoms with van der Waals surface area (Å²) >= 11 is 1.68. The van der Waals surface area contributed by atoms with E-state index in [9.17, 15) is 4.79 Å². The summed E-state index contributed by atoms with van der Waals surface area (Å²) in [5, 5.41) is 0.454. The van der Waals surface area contributed by atoms with E-state index < -0.39 is 0 Å². The lowest BCUT2D eigenvalue weighted by atomic mass is 10.1. The molecular weight excluding hydrogens is 208 g/mol. The summed E-state index contributed by atoms with van der Waals surface area (Å²) in [6, 6.07) is 5.70. The molecule has 0 amide bonds. The maximum absolute atomic E-state index is 11.5. The first-order valence-corrected chi connectivity index (χ1v) is 5.78. The van der Waals surface area contributed by atoms with Gasteiger partial charge in [0.2, 0.25) is 0 Å². The Hall–Kier alpha value is -0.960. The highest BCUT2D eigenvalue weighted by atomic mass is 32.2. The molecule has 1 aromatic carbocycles. The van der Waals surface area contributed by atoms with Gasteiger partial charge in [-0.15, -0.1) is 11.8 Å². The lowest BCUT2D eigenvalue weighted by Crippen LogP contribution is -2.01. The van der Waals surface area contributed by atoms with Crippen molar-refractivity contribution < 1.29 is 9.53 Å². The summed E-state index contributed by atoms with van der Waals surface area (Å²) in [5.74, 6) is 0.712. The molecule has 0 unspecified atom stereocenters. The fourth-order valence-electron chi connectivity index (χ4n) is 1.38. The maximum atomic E-state index is 11.5. The van der Waals surface area contributed by atoms with Crippen molar-refractivity contribution in [2.45, 2.75) is 30.9 Å². The van der Waals surface area contributed by atoms with Gasteiger partial charge in [0.05, 0.1) is 12.7 Å². The van der Waals surface area contributed by atoms with E-state index in [1.807, 2.05) is 18.2 Å². The Bertz CT molecular complexity index is 359. The van der Waals surface area contributed by atoms with Gasteiger partial charge in [0, 0.05) is 10.1 Å². The summed E-state index contributed by atoms with van der Waals surface area (Å²) in [5.41, 5.74) is 0.693. The summed E-state index contributed by atoms with van der Waals surface area (Å²) in [4.78, 5) is 12.5. The number of ketones is 1. The third kappa shape index (κ3) is 2.99. The predicted molar refractivity (Wildman–Crippen MR) is 64.0 cm³/mol. The first kappa shape index (κ1) is 12.1. The van der Waals surface area contributed by atoms with Crippen LogP contribution in [0.5, 0.6) is 5.75 Å². The van der Waals surface area contributed by atoms with Crippen molar-refractivity contribution >= 4 is 17.5 Å². The summed E-state index contributed by atoms with van der Waals surface area (Å²) in [6.45, 7) is 5.78. The fraction of sp³-hybridized carbons (Fsp3) is 0.417. The molecule has 0 aliphatic rings. The minimum atomic E-state index is 0.0515. The molecule has 82 valence electrons. The molecule has 0 fully saturated rings. The standard InChI is InChI=1S/C12H16O2S/c1-8(2)15-11-7-5-6-10(14-4)12(11)9(3)13/h5-8H,1-4H3. The van der Waals surface area contributed by atoms with Crippen molar-refractivity contribution in [3.63, 3.8) is 0 Å². The lowest BCUT2D eigenvalue weighted by molar-refractivity contribution is 0.101. The van der Waals surface area contributed by atoms with E-state index in [2.05, 4.69) is 13.8 Å². The van der Waals surface area contributed by atoms with Crippen molar-refractivity contribution in [2.24, 2.45) is 0 Å². The smallest absolute Gasteiger partial charge is 0.164 e. The van der Waals surface area contributed by atoms with Crippen LogP contribution in [0.1, 0.15) is 31.1 Å². The van der Waals surface area contributed by atoms with Crippen LogP contribution in [0.25, 0.3) is 0 Å². The van der Waals surface area contributed by atoms with E-state index in [1.54, 1.807) is 25.8 Å². The molecule has 3 heteroatoms. The van der Waals surface area contributed by atoms with Crippen molar-refractivity contribution in [3.05, 3.63) is 23.8 Å².